The van der Waals surface area contributed by atoms with Crippen molar-refractivity contribution >= 4 is 39.2 Å². The molecule has 0 fully saturated rings. The van der Waals surface area contributed by atoms with Crippen molar-refractivity contribution in [3.05, 3.63) is 24.3 Å². The smallest absolute Gasteiger partial charge is 0.230 e. The second-order valence-electron chi connectivity index (χ2n) is 4.86. The molecule has 0 saturated heterocycles. The number of rotatable bonds is 8. The van der Waals surface area contributed by atoms with Gasteiger partial charge in [-0.25, -0.2) is 4.98 Å². The first-order valence-electron chi connectivity index (χ1n) is 7.02. The monoisotopic (exact) mass is 324 g/mol. The Morgan fingerprint density at radius 1 is 1.43 bits per heavy atom. The highest BCUT2D eigenvalue weighted by atomic mass is 32.2. The summed E-state index contributed by atoms with van der Waals surface area (Å²) in [7, 11) is 0. The van der Waals surface area contributed by atoms with Gasteiger partial charge in [-0.15, -0.1) is 11.3 Å². The van der Waals surface area contributed by atoms with Crippen LogP contribution in [-0.2, 0) is 9.53 Å². The highest BCUT2D eigenvalue weighted by Gasteiger charge is 2.07. The summed E-state index contributed by atoms with van der Waals surface area (Å²) >= 11 is 3.11. The molecule has 0 aliphatic heterocycles. The number of carbonyl (C=O) groups excluding carboxylic acids is 1. The van der Waals surface area contributed by atoms with Gasteiger partial charge in [0.25, 0.3) is 0 Å². The number of carbonyl (C=O) groups is 1. The van der Waals surface area contributed by atoms with Crippen molar-refractivity contribution in [1.29, 1.82) is 0 Å². The third-order valence-electron chi connectivity index (χ3n) is 2.70. The number of ether oxygens (including phenoxy) is 1. The molecule has 2 aromatic rings. The zero-order valence-electron chi connectivity index (χ0n) is 12.3. The Bertz CT molecular complexity index is 551. The molecule has 0 aliphatic carbocycles. The number of para-hydroxylation sites is 1. The lowest BCUT2D eigenvalue weighted by Crippen LogP contribution is -2.27. The molecule has 0 radical (unpaired) electrons. The molecule has 0 bridgehead atoms. The predicted molar refractivity (Wildman–Crippen MR) is 89.1 cm³/mol. The number of hydrogen-bond donors (Lipinski definition) is 1. The maximum absolute atomic E-state index is 11.7. The summed E-state index contributed by atoms with van der Waals surface area (Å²) in [6.45, 7) is 5.36. The second-order valence-corrected chi connectivity index (χ2v) is 7.11. The molecule has 114 valence electrons. The van der Waals surface area contributed by atoms with Gasteiger partial charge in [-0.2, -0.15) is 0 Å². The molecule has 0 spiro atoms. The number of benzene rings is 1. The van der Waals surface area contributed by atoms with E-state index in [1.54, 1.807) is 11.3 Å². The van der Waals surface area contributed by atoms with E-state index in [0.29, 0.717) is 18.9 Å². The van der Waals surface area contributed by atoms with Gasteiger partial charge >= 0.3 is 0 Å². The number of amides is 1. The summed E-state index contributed by atoms with van der Waals surface area (Å²) in [5.41, 5.74) is 0.997. The molecule has 0 unspecified atom stereocenters. The van der Waals surface area contributed by atoms with Gasteiger partial charge in [-0.05, 0) is 32.4 Å². The van der Waals surface area contributed by atoms with Crippen molar-refractivity contribution in [1.82, 2.24) is 10.3 Å². The number of thioether (sulfide) groups is 1. The molecular weight excluding hydrogens is 304 g/mol. The molecule has 1 aromatic carbocycles. The molecular formula is C15H20N2O2S2. The minimum Gasteiger partial charge on any atom is -0.379 e. The van der Waals surface area contributed by atoms with E-state index < -0.39 is 0 Å². The summed E-state index contributed by atoms with van der Waals surface area (Å²) in [6.07, 6.45) is 1.09. The van der Waals surface area contributed by atoms with Crippen LogP contribution in [-0.4, -0.2) is 35.9 Å². The van der Waals surface area contributed by atoms with E-state index in [0.717, 1.165) is 21.0 Å². The first-order chi connectivity index (χ1) is 10.1. The van der Waals surface area contributed by atoms with Gasteiger partial charge in [0, 0.05) is 13.2 Å². The molecule has 4 nitrogen and oxygen atoms in total. The number of fused-ring (bicyclic) bond motifs is 1. The standard InChI is InChI=1S/C15H20N2O2S2/c1-11(2)19-9-5-8-16-14(18)10-20-15-17-12-6-3-4-7-13(12)21-15/h3-4,6-7,11H,5,8-10H2,1-2H3,(H,16,18). The fourth-order valence-electron chi connectivity index (χ4n) is 1.71. The fraction of sp³-hybridized carbons (Fsp3) is 0.467. The Hall–Kier alpha value is -1.11. The molecule has 0 aliphatic rings. The first kappa shape index (κ1) is 16.3. The zero-order valence-corrected chi connectivity index (χ0v) is 13.9. The zero-order chi connectivity index (χ0) is 15.1. The van der Waals surface area contributed by atoms with Crippen LogP contribution in [0, 0.1) is 0 Å². The van der Waals surface area contributed by atoms with Crippen molar-refractivity contribution in [2.24, 2.45) is 0 Å². The van der Waals surface area contributed by atoms with Gasteiger partial charge in [0.1, 0.15) is 0 Å². The Kier molecular flexibility index (Phi) is 6.48. The van der Waals surface area contributed by atoms with Crippen LogP contribution in [0.15, 0.2) is 28.6 Å². The van der Waals surface area contributed by atoms with E-state index in [1.807, 2.05) is 38.1 Å². The van der Waals surface area contributed by atoms with Gasteiger partial charge in [-0.3, -0.25) is 4.79 Å². The van der Waals surface area contributed by atoms with Crippen LogP contribution in [0.1, 0.15) is 20.3 Å². The van der Waals surface area contributed by atoms with Crippen molar-refractivity contribution in [2.75, 3.05) is 18.9 Å². The van der Waals surface area contributed by atoms with Crippen molar-refractivity contribution in [2.45, 2.75) is 30.7 Å². The van der Waals surface area contributed by atoms with Crippen molar-refractivity contribution in [3.8, 4) is 0 Å². The Labute approximate surface area is 133 Å². The van der Waals surface area contributed by atoms with Crippen LogP contribution in [0.2, 0.25) is 0 Å². The summed E-state index contributed by atoms with van der Waals surface area (Å²) in [4.78, 5) is 16.2. The lowest BCUT2D eigenvalue weighted by atomic mass is 10.3. The molecule has 21 heavy (non-hydrogen) atoms. The minimum absolute atomic E-state index is 0.0452. The van der Waals surface area contributed by atoms with E-state index in [4.69, 9.17) is 4.74 Å². The minimum atomic E-state index is 0.0452. The number of aromatic nitrogens is 1. The van der Waals surface area contributed by atoms with Crippen LogP contribution in [0.4, 0.5) is 0 Å². The van der Waals surface area contributed by atoms with Gasteiger partial charge in [-0.1, -0.05) is 23.9 Å². The molecule has 1 N–H and O–H groups in total. The Morgan fingerprint density at radius 3 is 3.00 bits per heavy atom. The summed E-state index contributed by atoms with van der Waals surface area (Å²) in [5, 5.41) is 2.90. The third-order valence-corrected chi connectivity index (χ3v) is 4.87. The largest absolute Gasteiger partial charge is 0.379 e. The number of hydrogen-bond acceptors (Lipinski definition) is 5. The van der Waals surface area contributed by atoms with E-state index in [9.17, 15) is 4.79 Å². The third kappa shape index (κ3) is 5.65. The summed E-state index contributed by atoms with van der Waals surface area (Å²) in [5.74, 6) is 0.453. The van der Waals surface area contributed by atoms with Crippen LogP contribution in [0.5, 0.6) is 0 Å². The highest BCUT2D eigenvalue weighted by molar-refractivity contribution is 8.01. The predicted octanol–water partition coefficient (Wildman–Crippen LogP) is 3.32. The highest BCUT2D eigenvalue weighted by Crippen LogP contribution is 2.28. The maximum atomic E-state index is 11.7. The quantitative estimate of drug-likeness (QED) is 0.598. The SMILES string of the molecule is CC(C)OCCCNC(=O)CSc1nc2ccccc2s1. The summed E-state index contributed by atoms with van der Waals surface area (Å²) < 4.78 is 7.52. The van der Waals surface area contributed by atoms with Crippen LogP contribution >= 0.6 is 23.1 Å². The lowest BCUT2D eigenvalue weighted by Gasteiger charge is -2.07. The lowest BCUT2D eigenvalue weighted by molar-refractivity contribution is -0.118. The second kappa shape index (κ2) is 8.36. The summed E-state index contributed by atoms with van der Waals surface area (Å²) in [6, 6.07) is 8.01. The first-order valence-corrected chi connectivity index (χ1v) is 8.82. The molecule has 1 amide bonds. The molecule has 1 heterocycles. The number of thiazole rings is 1. The number of nitrogens with zero attached hydrogens (tertiary/aromatic N) is 1. The maximum Gasteiger partial charge on any atom is 0.230 e. The van der Waals surface area contributed by atoms with Gasteiger partial charge < -0.3 is 10.1 Å². The number of nitrogens with one attached hydrogen (secondary N) is 1. The van der Waals surface area contributed by atoms with Crippen LogP contribution in [0.3, 0.4) is 0 Å². The average Bonchev–Trinajstić information content (AvgIpc) is 2.87. The molecule has 0 atom stereocenters. The van der Waals surface area contributed by atoms with E-state index in [1.165, 1.54) is 11.8 Å². The fourth-order valence-corrected chi connectivity index (χ4v) is 3.61. The topological polar surface area (TPSA) is 51.2 Å². The molecule has 2 rings (SSSR count). The van der Waals surface area contributed by atoms with E-state index in [2.05, 4.69) is 10.3 Å². The van der Waals surface area contributed by atoms with Crippen LogP contribution < -0.4 is 5.32 Å². The Balaban J connectivity index is 1.66. The van der Waals surface area contributed by atoms with E-state index in [-0.39, 0.29) is 12.0 Å². The average molecular weight is 324 g/mol. The van der Waals surface area contributed by atoms with Crippen molar-refractivity contribution in [3.63, 3.8) is 0 Å². The molecule has 0 saturated carbocycles. The van der Waals surface area contributed by atoms with Gasteiger partial charge in [0.2, 0.25) is 5.91 Å². The Morgan fingerprint density at radius 2 is 2.24 bits per heavy atom. The molecule has 6 heteroatoms. The van der Waals surface area contributed by atoms with Gasteiger partial charge in [0.15, 0.2) is 4.34 Å². The normalized spacial score (nSPS) is 11.2. The van der Waals surface area contributed by atoms with E-state index >= 15 is 0 Å². The van der Waals surface area contributed by atoms with Crippen LogP contribution in [0.25, 0.3) is 10.2 Å². The molecule has 1 aromatic heterocycles. The van der Waals surface area contributed by atoms with Gasteiger partial charge in [0.05, 0.1) is 22.1 Å². The van der Waals surface area contributed by atoms with Crippen molar-refractivity contribution < 1.29 is 9.53 Å².